The van der Waals surface area contributed by atoms with Gasteiger partial charge in [-0.2, -0.15) is 0 Å². The molecule has 0 radical (unpaired) electrons. The van der Waals surface area contributed by atoms with E-state index in [2.05, 4.69) is 10.6 Å². The SMILES string of the molecule is CCOc1ccc(NC(=S)NC(=O)c2ccc(OC)cc2OC)cc1. The molecule has 0 saturated heterocycles. The second-order valence-corrected chi connectivity index (χ2v) is 5.34. The van der Waals surface area contributed by atoms with Crippen molar-refractivity contribution in [3.05, 3.63) is 48.0 Å². The molecule has 1 amide bonds. The van der Waals surface area contributed by atoms with E-state index in [1.807, 2.05) is 31.2 Å². The number of hydrogen-bond acceptors (Lipinski definition) is 5. The molecular weight excluding hydrogens is 340 g/mol. The third-order valence-electron chi connectivity index (χ3n) is 3.30. The Morgan fingerprint density at radius 3 is 2.32 bits per heavy atom. The molecule has 0 spiro atoms. The summed E-state index contributed by atoms with van der Waals surface area (Å²) < 4.78 is 15.7. The zero-order valence-electron chi connectivity index (χ0n) is 14.3. The minimum Gasteiger partial charge on any atom is -0.497 e. The number of methoxy groups -OCH3 is 2. The summed E-state index contributed by atoms with van der Waals surface area (Å²) in [6.07, 6.45) is 0. The minimum absolute atomic E-state index is 0.187. The van der Waals surface area contributed by atoms with Gasteiger partial charge in [0.25, 0.3) is 5.91 Å². The predicted molar refractivity (Wildman–Crippen MR) is 101 cm³/mol. The first-order valence-electron chi connectivity index (χ1n) is 7.64. The van der Waals surface area contributed by atoms with Crippen LogP contribution in [0.15, 0.2) is 42.5 Å². The van der Waals surface area contributed by atoms with E-state index in [4.69, 9.17) is 26.4 Å². The molecule has 2 rings (SSSR count). The van der Waals surface area contributed by atoms with E-state index in [0.717, 1.165) is 11.4 Å². The van der Waals surface area contributed by atoms with Crippen molar-refractivity contribution in [2.24, 2.45) is 0 Å². The van der Waals surface area contributed by atoms with E-state index in [9.17, 15) is 4.79 Å². The molecule has 0 heterocycles. The van der Waals surface area contributed by atoms with Gasteiger partial charge in [-0.1, -0.05) is 0 Å². The highest BCUT2D eigenvalue weighted by Gasteiger charge is 2.14. The average Bonchev–Trinajstić information content (AvgIpc) is 2.62. The first-order chi connectivity index (χ1) is 12.1. The minimum atomic E-state index is -0.372. The molecule has 2 N–H and O–H groups in total. The topological polar surface area (TPSA) is 68.8 Å². The Bertz CT molecular complexity index is 747. The maximum absolute atomic E-state index is 12.4. The number of amides is 1. The van der Waals surface area contributed by atoms with Gasteiger partial charge in [-0.05, 0) is 55.5 Å². The zero-order valence-corrected chi connectivity index (χ0v) is 15.1. The van der Waals surface area contributed by atoms with E-state index in [1.165, 1.54) is 7.11 Å². The van der Waals surface area contributed by atoms with Crippen LogP contribution in [0.2, 0.25) is 0 Å². The number of hydrogen-bond donors (Lipinski definition) is 2. The van der Waals surface area contributed by atoms with E-state index < -0.39 is 0 Å². The Morgan fingerprint density at radius 1 is 1.04 bits per heavy atom. The molecule has 2 aromatic rings. The lowest BCUT2D eigenvalue weighted by atomic mass is 10.2. The Balaban J connectivity index is 2.01. The largest absolute Gasteiger partial charge is 0.497 e. The fourth-order valence-corrected chi connectivity index (χ4v) is 2.33. The van der Waals surface area contributed by atoms with Gasteiger partial charge >= 0.3 is 0 Å². The van der Waals surface area contributed by atoms with Gasteiger partial charge in [-0.3, -0.25) is 10.1 Å². The van der Waals surface area contributed by atoms with Gasteiger partial charge in [-0.25, -0.2) is 0 Å². The highest BCUT2D eigenvalue weighted by Crippen LogP contribution is 2.24. The Labute approximate surface area is 152 Å². The highest BCUT2D eigenvalue weighted by atomic mass is 32.1. The van der Waals surface area contributed by atoms with Crippen molar-refractivity contribution in [2.75, 3.05) is 26.1 Å². The van der Waals surface area contributed by atoms with Crippen LogP contribution >= 0.6 is 12.2 Å². The first kappa shape index (κ1) is 18.5. The maximum atomic E-state index is 12.4. The van der Waals surface area contributed by atoms with Crippen molar-refractivity contribution < 1.29 is 19.0 Å². The van der Waals surface area contributed by atoms with Crippen LogP contribution in [0.1, 0.15) is 17.3 Å². The molecule has 2 aromatic carbocycles. The fraction of sp³-hybridized carbons (Fsp3) is 0.222. The molecule has 0 aromatic heterocycles. The predicted octanol–water partition coefficient (Wildman–Crippen LogP) is 3.23. The van der Waals surface area contributed by atoms with E-state index >= 15 is 0 Å². The van der Waals surface area contributed by atoms with Gasteiger partial charge in [-0.15, -0.1) is 0 Å². The molecule has 6 nitrogen and oxygen atoms in total. The van der Waals surface area contributed by atoms with Crippen LogP contribution in [-0.4, -0.2) is 31.8 Å². The van der Waals surface area contributed by atoms with Gasteiger partial charge in [0.15, 0.2) is 5.11 Å². The van der Waals surface area contributed by atoms with Crippen LogP contribution in [0.3, 0.4) is 0 Å². The molecule has 0 fully saturated rings. The maximum Gasteiger partial charge on any atom is 0.261 e. The fourth-order valence-electron chi connectivity index (χ4n) is 2.12. The summed E-state index contributed by atoms with van der Waals surface area (Å²) in [5, 5.41) is 5.76. The number of anilines is 1. The molecule has 0 unspecified atom stereocenters. The summed E-state index contributed by atoms with van der Waals surface area (Å²) in [5.41, 5.74) is 1.11. The number of carbonyl (C=O) groups excluding carboxylic acids is 1. The Hall–Kier alpha value is -2.80. The van der Waals surface area contributed by atoms with Gasteiger partial charge < -0.3 is 19.5 Å². The van der Waals surface area contributed by atoms with Gasteiger partial charge in [0, 0.05) is 11.8 Å². The third-order valence-corrected chi connectivity index (χ3v) is 3.51. The van der Waals surface area contributed by atoms with Crippen LogP contribution < -0.4 is 24.8 Å². The van der Waals surface area contributed by atoms with Crippen LogP contribution in [-0.2, 0) is 0 Å². The van der Waals surface area contributed by atoms with Crippen LogP contribution in [0.4, 0.5) is 5.69 Å². The summed E-state index contributed by atoms with van der Waals surface area (Å²) in [6.45, 7) is 2.52. The lowest BCUT2D eigenvalue weighted by Crippen LogP contribution is -2.34. The van der Waals surface area contributed by atoms with Gasteiger partial charge in [0.05, 0.1) is 26.4 Å². The number of thiocarbonyl (C=S) groups is 1. The van der Waals surface area contributed by atoms with Crippen molar-refractivity contribution in [1.29, 1.82) is 0 Å². The van der Waals surface area contributed by atoms with Gasteiger partial charge in [0.1, 0.15) is 17.2 Å². The molecule has 0 bridgehead atoms. The molecule has 0 aliphatic carbocycles. The van der Waals surface area contributed by atoms with Crippen LogP contribution in [0.5, 0.6) is 17.2 Å². The molecule has 0 saturated carbocycles. The lowest BCUT2D eigenvalue weighted by Gasteiger charge is -2.13. The van der Waals surface area contributed by atoms with Crippen molar-refractivity contribution in [3.8, 4) is 17.2 Å². The van der Waals surface area contributed by atoms with Crippen molar-refractivity contribution >= 4 is 28.9 Å². The zero-order chi connectivity index (χ0) is 18.2. The monoisotopic (exact) mass is 360 g/mol. The standard InChI is InChI=1S/C18H20N2O4S/c1-4-24-13-7-5-12(6-8-13)19-18(25)20-17(21)15-10-9-14(22-2)11-16(15)23-3/h5-11H,4H2,1-3H3,(H2,19,20,21,25). The third kappa shape index (κ3) is 5.09. The van der Waals surface area contributed by atoms with E-state index in [0.29, 0.717) is 23.7 Å². The number of carbonyl (C=O) groups is 1. The number of benzene rings is 2. The van der Waals surface area contributed by atoms with Crippen molar-refractivity contribution in [2.45, 2.75) is 6.92 Å². The quantitative estimate of drug-likeness (QED) is 0.771. The van der Waals surface area contributed by atoms with Crippen LogP contribution in [0, 0.1) is 0 Å². The first-order valence-corrected chi connectivity index (χ1v) is 8.05. The second-order valence-electron chi connectivity index (χ2n) is 4.93. The molecule has 0 aliphatic heterocycles. The summed E-state index contributed by atoms with van der Waals surface area (Å²) in [4.78, 5) is 12.4. The van der Waals surface area contributed by atoms with Crippen molar-refractivity contribution in [3.63, 3.8) is 0 Å². The normalized spacial score (nSPS) is 9.88. The second kappa shape index (κ2) is 8.89. The number of nitrogens with one attached hydrogen (secondary N) is 2. The molecule has 25 heavy (non-hydrogen) atoms. The Morgan fingerprint density at radius 2 is 1.72 bits per heavy atom. The molecule has 0 atom stereocenters. The summed E-state index contributed by atoms with van der Waals surface area (Å²) >= 11 is 5.18. The summed E-state index contributed by atoms with van der Waals surface area (Å²) in [5.74, 6) is 1.40. The lowest BCUT2D eigenvalue weighted by molar-refractivity contribution is 0.0974. The van der Waals surface area contributed by atoms with Crippen molar-refractivity contribution in [1.82, 2.24) is 5.32 Å². The average molecular weight is 360 g/mol. The molecular formula is C18H20N2O4S. The summed E-state index contributed by atoms with van der Waals surface area (Å²) in [7, 11) is 3.03. The van der Waals surface area contributed by atoms with E-state index in [-0.39, 0.29) is 11.0 Å². The Kier molecular flexibility index (Phi) is 6.59. The molecule has 7 heteroatoms. The van der Waals surface area contributed by atoms with Crippen LogP contribution in [0.25, 0.3) is 0 Å². The number of ether oxygens (including phenoxy) is 3. The molecule has 0 aliphatic rings. The van der Waals surface area contributed by atoms with Gasteiger partial charge in [0.2, 0.25) is 0 Å². The molecule has 132 valence electrons. The number of rotatable bonds is 6. The smallest absolute Gasteiger partial charge is 0.261 e. The summed E-state index contributed by atoms with van der Waals surface area (Å²) in [6, 6.07) is 12.2. The van der Waals surface area contributed by atoms with E-state index in [1.54, 1.807) is 25.3 Å². The highest BCUT2D eigenvalue weighted by molar-refractivity contribution is 7.80.